The molecule has 0 saturated carbocycles. The van der Waals surface area contributed by atoms with Crippen molar-refractivity contribution in [3.63, 3.8) is 0 Å². The molecule has 2 fully saturated rings. The van der Waals surface area contributed by atoms with Gasteiger partial charge < -0.3 is 14.7 Å². The van der Waals surface area contributed by atoms with Crippen LogP contribution in [-0.4, -0.2) is 68.1 Å². The highest BCUT2D eigenvalue weighted by atomic mass is 15.2. The van der Waals surface area contributed by atoms with Gasteiger partial charge in [0.15, 0.2) is 0 Å². The normalized spacial score (nSPS) is 25.9. The Morgan fingerprint density at radius 3 is 2.61 bits per heavy atom. The second-order valence-corrected chi connectivity index (χ2v) is 8.08. The molecule has 0 aromatic carbocycles. The van der Waals surface area contributed by atoms with Crippen LogP contribution in [0.2, 0.25) is 0 Å². The Kier molecular flexibility index (Phi) is 4.06. The first-order valence-electron chi connectivity index (χ1n) is 9.23. The first kappa shape index (κ1) is 15.4. The van der Waals surface area contributed by atoms with Gasteiger partial charge in [-0.15, -0.1) is 0 Å². The summed E-state index contributed by atoms with van der Waals surface area (Å²) in [5, 5.41) is 0. The molecule has 1 spiro atoms. The van der Waals surface area contributed by atoms with Crippen LogP contribution in [0.4, 0.5) is 5.69 Å². The third kappa shape index (κ3) is 2.87. The van der Waals surface area contributed by atoms with Crippen molar-refractivity contribution in [1.29, 1.82) is 0 Å². The maximum Gasteiger partial charge on any atom is 0.0589 e. The van der Waals surface area contributed by atoms with E-state index in [1.165, 1.54) is 70.6 Å². The summed E-state index contributed by atoms with van der Waals surface area (Å²) in [6.07, 6.45) is 9.41. The van der Waals surface area contributed by atoms with Crippen molar-refractivity contribution >= 4 is 5.69 Å². The quantitative estimate of drug-likeness (QED) is 0.835. The van der Waals surface area contributed by atoms with Crippen LogP contribution in [0.15, 0.2) is 18.5 Å². The van der Waals surface area contributed by atoms with E-state index >= 15 is 0 Å². The predicted molar refractivity (Wildman–Crippen MR) is 95.1 cm³/mol. The van der Waals surface area contributed by atoms with Gasteiger partial charge in [0.05, 0.1) is 11.9 Å². The lowest BCUT2D eigenvalue weighted by atomic mass is 9.74. The van der Waals surface area contributed by atoms with Crippen molar-refractivity contribution in [3.05, 3.63) is 24.0 Å². The Bertz CT molecular complexity index is 542. The van der Waals surface area contributed by atoms with Crippen molar-refractivity contribution < 1.29 is 0 Å². The Morgan fingerprint density at radius 1 is 1.13 bits per heavy atom. The minimum Gasteiger partial charge on any atom is -0.372 e. The predicted octanol–water partition coefficient (Wildman–Crippen LogP) is 2.21. The lowest BCUT2D eigenvalue weighted by molar-refractivity contribution is 0.118. The molecule has 4 nitrogen and oxygen atoms in total. The van der Waals surface area contributed by atoms with E-state index < -0.39 is 0 Å². The van der Waals surface area contributed by atoms with Crippen molar-refractivity contribution in [3.8, 4) is 0 Å². The molecular formula is C19H30N4. The van der Waals surface area contributed by atoms with Crippen molar-refractivity contribution in [2.45, 2.75) is 31.1 Å². The minimum atomic E-state index is 0.385. The standard InChI is InChI=1S/C19H30N4/c1-21-9-4-16(5-10-21)14-23-11-6-19(7-12-23)15-22(2)18-13-20-8-3-17(18)19/h3,8,13,16H,4-7,9-12,14-15H2,1-2H3. The lowest BCUT2D eigenvalue weighted by Gasteiger charge is -2.41. The summed E-state index contributed by atoms with van der Waals surface area (Å²) in [6, 6.07) is 2.27. The van der Waals surface area contributed by atoms with Crippen LogP contribution in [-0.2, 0) is 5.41 Å². The van der Waals surface area contributed by atoms with E-state index in [4.69, 9.17) is 0 Å². The summed E-state index contributed by atoms with van der Waals surface area (Å²) in [5.41, 5.74) is 3.29. The summed E-state index contributed by atoms with van der Waals surface area (Å²) in [6.45, 7) is 7.60. The number of nitrogens with zero attached hydrogens (tertiary/aromatic N) is 4. The molecule has 0 N–H and O–H groups in total. The zero-order valence-electron chi connectivity index (χ0n) is 14.7. The fraction of sp³-hybridized carbons (Fsp3) is 0.737. The zero-order valence-corrected chi connectivity index (χ0v) is 14.7. The minimum absolute atomic E-state index is 0.385. The second kappa shape index (κ2) is 6.06. The number of hydrogen-bond donors (Lipinski definition) is 0. The van der Waals surface area contributed by atoms with Gasteiger partial charge in [0.2, 0.25) is 0 Å². The smallest absolute Gasteiger partial charge is 0.0589 e. The Balaban J connectivity index is 1.38. The molecule has 0 atom stereocenters. The van der Waals surface area contributed by atoms with E-state index in [1.807, 2.05) is 6.20 Å². The molecule has 23 heavy (non-hydrogen) atoms. The van der Waals surface area contributed by atoms with Crippen LogP contribution in [0.5, 0.6) is 0 Å². The first-order chi connectivity index (χ1) is 11.2. The third-order valence-corrected chi connectivity index (χ3v) is 6.49. The van der Waals surface area contributed by atoms with Crippen molar-refractivity contribution in [2.24, 2.45) is 5.92 Å². The van der Waals surface area contributed by atoms with Crippen LogP contribution in [0, 0.1) is 5.92 Å². The van der Waals surface area contributed by atoms with Gasteiger partial charge in [0, 0.05) is 31.7 Å². The van der Waals surface area contributed by atoms with Crippen LogP contribution >= 0.6 is 0 Å². The number of fused-ring (bicyclic) bond motifs is 2. The van der Waals surface area contributed by atoms with Gasteiger partial charge in [0.25, 0.3) is 0 Å². The van der Waals surface area contributed by atoms with E-state index in [0.29, 0.717) is 5.41 Å². The molecule has 4 rings (SSSR count). The lowest BCUT2D eigenvalue weighted by Crippen LogP contribution is -2.47. The topological polar surface area (TPSA) is 22.6 Å². The Labute approximate surface area is 140 Å². The fourth-order valence-corrected chi connectivity index (χ4v) is 4.96. The van der Waals surface area contributed by atoms with Gasteiger partial charge in [0.1, 0.15) is 0 Å². The number of likely N-dealkylation sites (tertiary alicyclic amines) is 2. The number of piperidine rings is 2. The van der Waals surface area contributed by atoms with E-state index in [-0.39, 0.29) is 0 Å². The maximum absolute atomic E-state index is 4.33. The van der Waals surface area contributed by atoms with E-state index in [1.54, 1.807) is 5.56 Å². The molecule has 0 unspecified atom stereocenters. The van der Waals surface area contributed by atoms with Crippen molar-refractivity contribution in [2.75, 3.05) is 58.3 Å². The molecule has 126 valence electrons. The van der Waals surface area contributed by atoms with Crippen LogP contribution < -0.4 is 4.90 Å². The second-order valence-electron chi connectivity index (χ2n) is 8.08. The zero-order chi connectivity index (χ0) is 15.9. The van der Waals surface area contributed by atoms with Gasteiger partial charge >= 0.3 is 0 Å². The Morgan fingerprint density at radius 2 is 1.87 bits per heavy atom. The number of hydrogen-bond acceptors (Lipinski definition) is 4. The van der Waals surface area contributed by atoms with E-state index in [2.05, 4.69) is 46.0 Å². The van der Waals surface area contributed by atoms with Crippen LogP contribution in [0.25, 0.3) is 0 Å². The van der Waals surface area contributed by atoms with Gasteiger partial charge in [-0.05, 0) is 76.5 Å². The molecule has 0 bridgehead atoms. The molecule has 3 aliphatic heterocycles. The maximum atomic E-state index is 4.33. The Hall–Kier alpha value is -1.13. The summed E-state index contributed by atoms with van der Waals surface area (Å²) in [4.78, 5) is 11.9. The van der Waals surface area contributed by atoms with E-state index in [0.717, 1.165) is 5.92 Å². The van der Waals surface area contributed by atoms with Gasteiger partial charge in [-0.3, -0.25) is 4.98 Å². The molecule has 0 radical (unpaired) electrons. The monoisotopic (exact) mass is 314 g/mol. The van der Waals surface area contributed by atoms with Crippen LogP contribution in [0.1, 0.15) is 31.2 Å². The highest BCUT2D eigenvalue weighted by molar-refractivity contribution is 5.60. The number of rotatable bonds is 2. The molecule has 0 amide bonds. The molecule has 0 aliphatic carbocycles. The average molecular weight is 314 g/mol. The van der Waals surface area contributed by atoms with E-state index in [9.17, 15) is 0 Å². The molecule has 1 aromatic rings. The summed E-state index contributed by atoms with van der Waals surface area (Å²) in [7, 11) is 4.48. The van der Waals surface area contributed by atoms with Gasteiger partial charge in [-0.2, -0.15) is 0 Å². The fourth-order valence-electron chi connectivity index (χ4n) is 4.96. The molecular weight excluding hydrogens is 284 g/mol. The number of likely N-dealkylation sites (N-methyl/N-ethyl adjacent to an activating group) is 1. The van der Waals surface area contributed by atoms with Crippen molar-refractivity contribution in [1.82, 2.24) is 14.8 Å². The highest BCUT2D eigenvalue weighted by Gasteiger charge is 2.43. The first-order valence-corrected chi connectivity index (χ1v) is 9.23. The highest BCUT2D eigenvalue weighted by Crippen LogP contribution is 2.46. The van der Waals surface area contributed by atoms with Gasteiger partial charge in [-0.1, -0.05) is 0 Å². The summed E-state index contributed by atoms with van der Waals surface area (Å²) < 4.78 is 0. The number of anilines is 1. The average Bonchev–Trinajstić information content (AvgIpc) is 2.85. The summed E-state index contributed by atoms with van der Waals surface area (Å²) >= 11 is 0. The largest absolute Gasteiger partial charge is 0.372 e. The van der Waals surface area contributed by atoms with Crippen LogP contribution in [0.3, 0.4) is 0 Å². The summed E-state index contributed by atoms with van der Waals surface area (Å²) in [5.74, 6) is 0.919. The SMILES string of the molecule is CN1CCC(CN2CCC3(CC2)CN(C)c2cnccc23)CC1. The van der Waals surface area contributed by atoms with Gasteiger partial charge in [-0.25, -0.2) is 0 Å². The molecule has 2 saturated heterocycles. The molecule has 4 heteroatoms. The number of pyridine rings is 1. The third-order valence-electron chi connectivity index (χ3n) is 6.49. The molecule has 3 aliphatic rings. The number of aromatic nitrogens is 1. The molecule has 1 aromatic heterocycles. The molecule has 4 heterocycles.